The van der Waals surface area contributed by atoms with Gasteiger partial charge in [0.1, 0.15) is 21.6 Å². The molecule has 1 N–H and O–H groups in total. The summed E-state index contributed by atoms with van der Waals surface area (Å²) in [5, 5.41) is 47.8. The smallest absolute Gasteiger partial charge is 0.218 e. The van der Waals surface area contributed by atoms with Crippen molar-refractivity contribution in [3.63, 3.8) is 0 Å². The van der Waals surface area contributed by atoms with Crippen molar-refractivity contribution >= 4 is 39.4 Å². The molecule has 2 aromatic carbocycles. The number of benzene rings is 2. The van der Waals surface area contributed by atoms with E-state index >= 15 is 17.6 Å². The van der Waals surface area contributed by atoms with Gasteiger partial charge in [0.15, 0.2) is 46.5 Å². The molecule has 1 saturated heterocycles. The monoisotopic (exact) mass is 951 g/mol. The van der Waals surface area contributed by atoms with Crippen LogP contribution in [0.2, 0.25) is 0 Å². The van der Waals surface area contributed by atoms with Gasteiger partial charge in [0.25, 0.3) is 0 Å². The van der Waals surface area contributed by atoms with Crippen molar-refractivity contribution in [2.45, 2.75) is 16.0 Å². The van der Waals surface area contributed by atoms with Crippen LogP contribution in [0.4, 0.5) is 45.2 Å². The minimum Gasteiger partial charge on any atom is -0.549 e. The molecule has 1 aliphatic rings. The summed E-state index contributed by atoms with van der Waals surface area (Å²) in [7, 11) is -6.67. The van der Waals surface area contributed by atoms with Crippen LogP contribution in [0.15, 0.2) is 9.79 Å². The minimum absolute atomic E-state index is 0. The van der Waals surface area contributed by atoms with Crippen LogP contribution in [0.1, 0.15) is 0 Å². The van der Waals surface area contributed by atoms with Gasteiger partial charge in [0.05, 0.1) is 23.9 Å². The van der Waals surface area contributed by atoms with E-state index in [-0.39, 0.29) is 66.1 Å². The van der Waals surface area contributed by atoms with Crippen molar-refractivity contribution in [3.05, 3.63) is 52.4 Å². The summed E-state index contributed by atoms with van der Waals surface area (Å²) in [6.45, 7) is -5.44. The molecule has 0 amide bonds. The summed E-state index contributed by atoms with van der Waals surface area (Å²) in [5.41, 5.74) is -2.09. The van der Waals surface area contributed by atoms with Crippen LogP contribution in [0.5, 0.6) is 0 Å². The molecule has 26 heteroatoms. The third-order valence-corrected chi connectivity index (χ3v) is 9.52. The van der Waals surface area contributed by atoms with E-state index in [1.54, 1.807) is 0 Å². The third kappa shape index (κ3) is 10.9. The van der Waals surface area contributed by atoms with Crippen molar-refractivity contribution < 1.29 is 127 Å². The molecule has 1 unspecified atom stereocenters. The predicted molar refractivity (Wildman–Crippen MR) is 146 cm³/mol. The zero-order chi connectivity index (χ0) is 40.1. The number of hydrogen-bond acceptors (Lipinski definition) is 15. The number of carbonyl (C=O) groups is 4. The molecule has 1 aliphatic heterocycles. The van der Waals surface area contributed by atoms with Gasteiger partial charge in [-0.2, -0.15) is 0 Å². The average Bonchev–Trinajstić information content (AvgIpc) is 3.05. The van der Waals surface area contributed by atoms with Crippen molar-refractivity contribution in [1.82, 2.24) is 19.6 Å². The summed E-state index contributed by atoms with van der Waals surface area (Å²) in [5.74, 6) is -33.8. The molecular weight excluding hydrogens is 927 g/mol. The molecule has 0 radical (unpaired) electrons. The molecule has 3 rings (SSSR count). The van der Waals surface area contributed by atoms with Gasteiger partial charge in [-0.15, -0.1) is 0 Å². The number of carbonyl (C=O) groups excluding carboxylic acids is 4. The van der Waals surface area contributed by atoms with Crippen molar-refractivity contribution in [2.75, 3.05) is 77.3 Å². The largest absolute Gasteiger partial charge is 0.549 e. The number of carboxylic acid groups (broad SMARTS) is 4. The van der Waals surface area contributed by atoms with E-state index in [0.717, 1.165) is 9.80 Å². The number of hydrogen-bond donors (Lipinski definition) is 1. The number of carboxylic acids is 4. The van der Waals surface area contributed by atoms with Crippen molar-refractivity contribution in [3.8, 4) is 0 Å². The zero-order valence-electron chi connectivity index (χ0n) is 26.9. The van der Waals surface area contributed by atoms with E-state index in [1.807, 2.05) is 0 Å². The van der Waals surface area contributed by atoms with Crippen LogP contribution < -0.4 is 25.7 Å². The summed E-state index contributed by atoms with van der Waals surface area (Å²) < 4.78 is 156. The molecule has 2 aromatic rings. The molecule has 302 valence electrons. The van der Waals surface area contributed by atoms with Crippen molar-refractivity contribution in [1.29, 1.82) is 0 Å². The van der Waals surface area contributed by atoms with E-state index in [0.29, 0.717) is 4.90 Å². The number of aliphatic carboxylic acids is 4. The Morgan fingerprint density at radius 2 is 0.796 bits per heavy atom. The maximum absolute atomic E-state index is 15.3. The fourth-order valence-corrected chi connectivity index (χ4v) is 6.67. The summed E-state index contributed by atoms with van der Waals surface area (Å²) in [6.07, 6.45) is -2.58. The first-order valence-corrected chi connectivity index (χ1v) is 16.2. The van der Waals surface area contributed by atoms with Crippen molar-refractivity contribution in [2.24, 2.45) is 0 Å². The Labute approximate surface area is 330 Å². The molecule has 54 heavy (non-hydrogen) atoms. The molecular formula is C28H24F9GdN5O10S-4. The standard InChI is InChI=1S/C28H28F9N5O10S.Gd/c29-15-16(30)20(34)25(21(35)17(15)31)53(51,52)26-22(36)18(32)24(19(33)23(26)37)38-27(28(49)50)42-7-5-40(10-13(45)46)3-1-39(9-12(43)44)2-4-41(6-8-42)11-14(47)48;/h27,38H,1-11H2,(H,43,44)(H,45,46)(H,47,48)(H,49,50);/p-4. The Morgan fingerprint density at radius 3 is 1.09 bits per heavy atom. The Bertz CT molecular complexity index is 1810. The van der Waals surface area contributed by atoms with Gasteiger partial charge in [-0.1, -0.05) is 0 Å². The Kier molecular flexibility index (Phi) is 16.8. The Morgan fingerprint density at radius 1 is 0.519 bits per heavy atom. The fraction of sp³-hybridized carbons (Fsp3) is 0.429. The first kappa shape index (κ1) is 46.8. The minimum atomic E-state index is -6.67. The van der Waals surface area contributed by atoms with Gasteiger partial charge in [-0.25, -0.2) is 47.9 Å². The molecule has 1 heterocycles. The third-order valence-electron chi connectivity index (χ3n) is 7.73. The van der Waals surface area contributed by atoms with Crippen LogP contribution in [0.3, 0.4) is 0 Å². The maximum atomic E-state index is 15.3. The van der Waals surface area contributed by atoms with E-state index < -0.39 is 154 Å². The number of sulfone groups is 1. The molecule has 0 aliphatic carbocycles. The summed E-state index contributed by atoms with van der Waals surface area (Å²) in [6, 6.07) is 0. The fourth-order valence-electron chi connectivity index (χ4n) is 5.17. The average molecular weight is 951 g/mol. The Balaban J connectivity index is 0.0000101. The van der Waals surface area contributed by atoms with Gasteiger partial charge < -0.3 is 44.9 Å². The summed E-state index contributed by atoms with van der Waals surface area (Å²) in [4.78, 5) is 44.6. The van der Waals surface area contributed by atoms with Gasteiger partial charge in [-0.05, 0) is 0 Å². The first-order valence-electron chi connectivity index (χ1n) is 14.7. The maximum Gasteiger partial charge on any atom is 0.218 e. The normalized spacial score (nSPS) is 16.5. The van der Waals surface area contributed by atoms with Gasteiger partial charge >= 0.3 is 0 Å². The van der Waals surface area contributed by atoms with Gasteiger partial charge in [0.2, 0.25) is 15.7 Å². The van der Waals surface area contributed by atoms with E-state index in [9.17, 15) is 70.0 Å². The van der Waals surface area contributed by atoms with Crippen LogP contribution >= 0.6 is 0 Å². The molecule has 1 fully saturated rings. The zero-order valence-corrected chi connectivity index (χ0v) is 30.0. The van der Waals surface area contributed by atoms with E-state index in [1.165, 1.54) is 10.2 Å². The second-order valence-electron chi connectivity index (χ2n) is 11.2. The number of nitrogens with one attached hydrogen (secondary N) is 1. The van der Waals surface area contributed by atoms with E-state index in [2.05, 4.69) is 0 Å². The molecule has 0 spiro atoms. The number of rotatable bonds is 12. The number of nitrogens with zero attached hydrogens (tertiary/aromatic N) is 4. The SMILES string of the molecule is O=C([O-])CN1CCN(CC(=O)[O-])CCN(C(Nc2c(F)c(F)c(S(=O)(=O)c3c(F)c(F)c(F)c(F)c3F)c(F)c2F)C(=O)[O-])CCN(CC(=O)[O-])CC1.[Gd]. The predicted octanol–water partition coefficient (Wildman–Crippen LogP) is -4.27. The number of halogens is 9. The van der Waals surface area contributed by atoms with Crippen LogP contribution in [0.25, 0.3) is 0 Å². The first-order chi connectivity index (χ1) is 24.6. The molecule has 0 aromatic heterocycles. The molecule has 15 nitrogen and oxygen atoms in total. The molecule has 0 saturated carbocycles. The summed E-state index contributed by atoms with van der Waals surface area (Å²) >= 11 is 0. The topological polar surface area (TPSA) is 220 Å². The van der Waals surface area contributed by atoms with Crippen LogP contribution in [-0.4, -0.2) is 130 Å². The van der Waals surface area contributed by atoms with Crippen LogP contribution in [0, 0.1) is 92.3 Å². The Hall–Kier alpha value is -3.40. The second kappa shape index (κ2) is 19.5. The van der Waals surface area contributed by atoms with Crippen LogP contribution in [-0.2, 0) is 29.0 Å². The quantitative estimate of drug-likeness (QED) is 0.0922. The van der Waals surface area contributed by atoms with Gasteiger partial charge in [0, 0.05) is 112 Å². The number of anilines is 1. The second-order valence-corrected chi connectivity index (χ2v) is 13.0. The van der Waals surface area contributed by atoms with Gasteiger partial charge in [-0.3, -0.25) is 19.6 Å². The molecule has 1 atom stereocenters. The molecule has 0 bridgehead atoms. The van der Waals surface area contributed by atoms with E-state index in [4.69, 9.17) is 0 Å².